The molecule has 21 heavy (non-hydrogen) atoms. The first kappa shape index (κ1) is 15.3. The first-order chi connectivity index (χ1) is 10.0. The summed E-state index contributed by atoms with van der Waals surface area (Å²) >= 11 is 1.29. The second-order valence-corrected chi connectivity index (χ2v) is 5.35. The summed E-state index contributed by atoms with van der Waals surface area (Å²) in [5.74, 6) is 1.21. The number of nitrogens with zero attached hydrogens (tertiary/aromatic N) is 2. The lowest BCUT2D eigenvalue weighted by atomic mass is 10.1. The van der Waals surface area contributed by atoms with Gasteiger partial charge in [0.05, 0.1) is 7.11 Å². The first-order valence-electron chi connectivity index (χ1n) is 6.21. The summed E-state index contributed by atoms with van der Waals surface area (Å²) in [6.45, 7) is 0. The molecule has 0 radical (unpaired) electrons. The number of ether oxygens (including phenoxy) is 1. The van der Waals surface area contributed by atoms with Gasteiger partial charge in [-0.3, -0.25) is 19.4 Å². The number of aromatic nitrogens is 3. The van der Waals surface area contributed by atoms with Gasteiger partial charge >= 0.3 is 11.1 Å². The zero-order chi connectivity index (χ0) is 15.4. The Hall–Kier alpha value is -2.06. The molecule has 2 rings (SSSR count). The van der Waals surface area contributed by atoms with Crippen LogP contribution in [0.3, 0.4) is 0 Å². The molecule has 0 aliphatic heterocycles. The lowest BCUT2D eigenvalue weighted by molar-refractivity contribution is 0.407. The van der Waals surface area contributed by atoms with Crippen LogP contribution >= 0.6 is 11.8 Å². The fourth-order valence-corrected chi connectivity index (χ4v) is 2.71. The van der Waals surface area contributed by atoms with Crippen molar-refractivity contribution in [2.45, 2.75) is 11.2 Å². The van der Waals surface area contributed by atoms with Crippen LogP contribution in [-0.4, -0.2) is 27.6 Å². The molecule has 0 fully saturated rings. The van der Waals surface area contributed by atoms with Crippen LogP contribution in [0, 0.1) is 0 Å². The molecule has 0 saturated carbocycles. The predicted molar refractivity (Wildman–Crippen MR) is 80.7 cm³/mol. The van der Waals surface area contributed by atoms with E-state index < -0.39 is 11.1 Å². The minimum atomic E-state index is -0.804. The van der Waals surface area contributed by atoms with E-state index in [1.54, 1.807) is 14.2 Å². The Balaban J connectivity index is 2.14. The number of H-pyrrole nitrogens is 1. The summed E-state index contributed by atoms with van der Waals surface area (Å²) in [6, 6.07) is 7.21. The quantitative estimate of drug-likeness (QED) is 0.607. The van der Waals surface area contributed by atoms with Crippen LogP contribution in [0.4, 0.5) is 0 Å². The number of hydrogen-bond acceptors (Lipinski definition) is 6. The average molecular weight is 308 g/mol. The van der Waals surface area contributed by atoms with Crippen LogP contribution < -0.4 is 21.6 Å². The number of nitrogens with two attached hydrogens (primary N) is 1. The normalized spacial score (nSPS) is 12.1. The fourth-order valence-electron chi connectivity index (χ4n) is 1.82. The lowest BCUT2D eigenvalue weighted by Gasteiger charge is -2.15. The highest BCUT2D eigenvalue weighted by atomic mass is 32.2. The summed E-state index contributed by atoms with van der Waals surface area (Å²) in [5, 5.41) is 2.80. The molecule has 0 spiro atoms. The number of nitrogens with one attached hydrogen (secondary N) is 1. The Morgan fingerprint density at radius 2 is 2.14 bits per heavy atom. The Kier molecular flexibility index (Phi) is 4.81. The summed E-state index contributed by atoms with van der Waals surface area (Å²) in [6.07, 6.45) is 0. The summed E-state index contributed by atoms with van der Waals surface area (Å²) in [5.41, 5.74) is 5.48. The molecule has 3 N–H and O–H groups in total. The van der Waals surface area contributed by atoms with Gasteiger partial charge in [0.1, 0.15) is 5.75 Å². The zero-order valence-electron chi connectivity index (χ0n) is 11.7. The molecule has 0 aliphatic carbocycles. The second-order valence-electron chi connectivity index (χ2n) is 4.36. The molecule has 0 aliphatic rings. The number of aromatic amines is 1. The standard InChI is InChI=1S/C13H16N4O3S/c1-17-13(15-11(18)12(19)16-17)21-7-9(14)8-5-3-4-6-10(8)20-2/h3-6,9H,7,14H2,1-2H3,(H,16,19). The molecule has 7 nitrogen and oxygen atoms in total. The Morgan fingerprint density at radius 3 is 2.86 bits per heavy atom. The molecular formula is C13H16N4O3S. The van der Waals surface area contributed by atoms with Gasteiger partial charge in [-0.05, 0) is 6.07 Å². The summed E-state index contributed by atoms with van der Waals surface area (Å²) in [4.78, 5) is 26.1. The van der Waals surface area contributed by atoms with Crippen molar-refractivity contribution in [3.8, 4) is 5.75 Å². The third kappa shape index (κ3) is 3.53. The highest BCUT2D eigenvalue weighted by Gasteiger charge is 2.13. The van der Waals surface area contributed by atoms with Gasteiger partial charge in [0, 0.05) is 24.4 Å². The van der Waals surface area contributed by atoms with E-state index in [2.05, 4.69) is 10.1 Å². The van der Waals surface area contributed by atoms with Crippen LogP contribution in [0.2, 0.25) is 0 Å². The Bertz CT molecular complexity index is 741. The molecule has 1 unspecified atom stereocenters. The molecule has 1 aromatic carbocycles. The van der Waals surface area contributed by atoms with Gasteiger partial charge in [0.25, 0.3) is 0 Å². The van der Waals surface area contributed by atoms with Gasteiger partial charge in [0.2, 0.25) is 0 Å². The summed E-state index contributed by atoms with van der Waals surface area (Å²) in [7, 11) is 3.21. The highest BCUT2D eigenvalue weighted by molar-refractivity contribution is 7.99. The molecule has 112 valence electrons. The number of benzene rings is 1. The van der Waals surface area contributed by atoms with Crippen LogP contribution in [-0.2, 0) is 7.05 Å². The third-order valence-electron chi connectivity index (χ3n) is 2.88. The van der Waals surface area contributed by atoms with Crippen molar-refractivity contribution >= 4 is 11.8 Å². The number of thioether (sulfide) groups is 1. The van der Waals surface area contributed by atoms with Crippen molar-refractivity contribution in [3.05, 3.63) is 50.5 Å². The van der Waals surface area contributed by atoms with Gasteiger partial charge in [-0.2, -0.15) is 4.98 Å². The Labute approximate surface area is 125 Å². The van der Waals surface area contributed by atoms with Crippen molar-refractivity contribution in [3.63, 3.8) is 0 Å². The van der Waals surface area contributed by atoms with Crippen molar-refractivity contribution in [2.24, 2.45) is 12.8 Å². The maximum atomic E-state index is 11.3. The van der Waals surface area contributed by atoms with Crippen molar-refractivity contribution < 1.29 is 4.74 Å². The van der Waals surface area contributed by atoms with Crippen LogP contribution in [0.25, 0.3) is 0 Å². The minimum Gasteiger partial charge on any atom is -0.496 e. The lowest BCUT2D eigenvalue weighted by Crippen LogP contribution is -2.34. The van der Waals surface area contributed by atoms with Gasteiger partial charge < -0.3 is 10.5 Å². The van der Waals surface area contributed by atoms with Crippen molar-refractivity contribution in [1.29, 1.82) is 0 Å². The molecule has 1 heterocycles. The SMILES string of the molecule is COc1ccccc1C(N)CSc1nc(=O)c(=O)[nH]n1C. The number of para-hydroxylation sites is 1. The smallest absolute Gasteiger partial charge is 0.339 e. The molecule has 0 saturated heterocycles. The van der Waals surface area contributed by atoms with Gasteiger partial charge in [0.15, 0.2) is 5.16 Å². The zero-order valence-corrected chi connectivity index (χ0v) is 12.5. The van der Waals surface area contributed by atoms with Crippen molar-refractivity contribution in [2.75, 3.05) is 12.9 Å². The monoisotopic (exact) mass is 308 g/mol. The molecule has 0 bridgehead atoms. The topological polar surface area (TPSA) is 103 Å². The van der Waals surface area contributed by atoms with Gasteiger partial charge in [-0.1, -0.05) is 30.0 Å². The van der Waals surface area contributed by atoms with E-state index in [-0.39, 0.29) is 6.04 Å². The fraction of sp³-hybridized carbons (Fsp3) is 0.308. The second kappa shape index (κ2) is 6.59. The van der Waals surface area contributed by atoms with E-state index in [1.165, 1.54) is 16.4 Å². The van der Waals surface area contributed by atoms with E-state index in [1.807, 2.05) is 24.3 Å². The molecule has 0 amide bonds. The van der Waals surface area contributed by atoms with E-state index in [0.29, 0.717) is 16.7 Å². The molecule has 1 aromatic heterocycles. The first-order valence-corrected chi connectivity index (χ1v) is 7.20. The molecule has 1 atom stereocenters. The van der Waals surface area contributed by atoms with Crippen LogP contribution in [0.5, 0.6) is 5.75 Å². The molecule has 8 heteroatoms. The highest BCUT2D eigenvalue weighted by Crippen LogP contribution is 2.27. The Morgan fingerprint density at radius 1 is 1.43 bits per heavy atom. The van der Waals surface area contributed by atoms with Crippen molar-refractivity contribution in [1.82, 2.24) is 14.8 Å². The van der Waals surface area contributed by atoms with E-state index >= 15 is 0 Å². The van der Waals surface area contributed by atoms with Gasteiger partial charge in [-0.25, -0.2) is 0 Å². The maximum Gasteiger partial charge on any atom is 0.339 e. The number of methoxy groups -OCH3 is 1. The predicted octanol–water partition coefficient (Wildman–Crippen LogP) is 0.269. The number of hydrogen-bond donors (Lipinski definition) is 2. The molecular weight excluding hydrogens is 292 g/mol. The van der Waals surface area contributed by atoms with Gasteiger partial charge in [-0.15, -0.1) is 0 Å². The van der Waals surface area contributed by atoms with E-state index in [4.69, 9.17) is 10.5 Å². The summed E-state index contributed by atoms with van der Waals surface area (Å²) < 4.78 is 6.68. The van der Waals surface area contributed by atoms with Crippen LogP contribution in [0.15, 0.2) is 39.0 Å². The van der Waals surface area contributed by atoms with E-state index in [0.717, 1.165) is 5.56 Å². The van der Waals surface area contributed by atoms with E-state index in [9.17, 15) is 9.59 Å². The number of aryl methyl sites for hydroxylation is 1. The third-order valence-corrected chi connectivity index (χ3v) is 4.03. The van der Waals surface area contributed by atoms with Crippen LogP contribution in [0.1, 0.15) is 11.6 Å². The minimum absolute atomic E-state index is 0.282. The average Bonchev–Trinajstić information content (AvgIpc) is 2.49. The maximum absolute atomic E-state index is 11.3. The molecule has 2 aromatic rings. The largest absolute Gasteiger partial charge is 0.496 e. The number of rotatable bonds is 5.